The Morgan fingerprint density at radius 3 is 1.38 bits per heavy atom. The SMILES string of the molecule is NCCN.O=C(O)CCCC(=O)O. The predicted molar refractivity (Wildman–Crippen MR) is 47.2 cm³/mol. The van der Waals surface area contributed by atoms with Crippen LogP contribution in [0.25, 0.3) is 0 Å². The van der Waals surface area contributed by atoms with E-state index in [1.165, 1.54) is 0 Å². The second-order valence-electron chi connectivity index (χ2n) is 2.22. The van der Waals surface area contributed by atoms with Crippen molar-refractivity contribution < 1.29 is 19.8 Å². The van der Waals surface area contributed by atoms with Gasteiger partial charge in [-0.1, -0.05) is 0 Å². The fraction of sp³-hybridized carbons (Fsp3) is 0.714. The van der Waals surface area contributed by atoms with Crippen LogP contribution in [0.1, 0.15) is 19.3 Å². The van der Waals surface area contributed by atoms with Crippen LogP contribution >= 0.6 is 0 Å². The zero-order valence-electron chi connectivity index (χ0n) is 7.40. The molecule has 6 heteroatoms. The molecule has 0 aromatic carbocycles. The van der Waals surface area contributed by atoms with Crippen molar-refractivity contribution in [1.82, 2.24) is 0 Å². The number of hydrogen-bond donors (Lipinski definition) is 4. The van der Waals surface area contributed by atoms with Gasteiger partial charge in [0.1, 0.15) is 0 Å². The molecule has 6 N–H and O–H groups in total. The quantitative estimate of drug-likeness (QED) is 0.453. The molecule has 0 aliphatic heterocycles. The zero-order chi connectivity index (χ0) is 10.7. The molecule has 0 aromatic heterocycles. The molecule has 0 fully saturated rings. The highest BCUT2D eigenvalue weighted by Gasteiger charge is 1.99. The Morgan fingerprint density at radius 2 is 1.23 bits per heavy atom. The molecule has 0 saturated carbocycles. The highest BCUT2D eigenvalue weighted by Crippen LogP contribution is 1.93. The molecule has 0 amide bonds. The summed E-state index contributed by atoms with van der Waals surface area (Å²) in [6.45, 7) is 1.19. The molecule has 0 rings (SSSR count). The molecule has 0 spiro atoms. The van der Waals surface area contributed by atoms with Gasteiger partial charge in [-0.3, -0.25) is 9.59 Å². The van der Waals surface area contributed by atoms with E-state index in [0.29, 0.717) is 13.1 Å². The number of aliphatic carboxylic acids is 2. The minimum atomic E-state index is -0.948. The molecule has 13 heavy (non-hydrogen) atoms. The molecule has 0 bridgehead atoms. The molecule has 0 saturated heterocycles. The van der Waals surface area contributed by atoms with Crippen LogP contribution in [0.5, 0.6) is 0 Å². The smallest absolute Gasteiger partial charge is 0.303 e. The first kappa shape index (κ1) is 14.4. The number of nitrogens with two attached hydrogens (primary N) is 2. The van der Waals surface area contributed by atoms with Crippen molar-refractivity contribution in [2.24, 2.45) is 11.5 Å². The number of hydrogen-bond acceptors (Lipinski definition) is 4. The van der Waals surface area contributed by atoms with Gasteiger partial charge in [0.15, 0.2) is 0 Å². The van der Waals surface area contributed by atoms with Crippen LogP contribution in [0.4, 0.5) is 0 Å². The van der Waals surface area contributed by atoms with Crippen molar-refractivity contribution in [3.63, 3.8) is 0 Å². The number of rotatable bonds is 5. The van der Waals surface area contributed by atoms with Crippen LogP contribution in [0.2, 0.25) is 0 Å². The summed E-state index contributed by atoms with van der Waals surface area (Å²) in [4.78, 5) is 19.6. The molecule has 6 nitrogen and oxygen atoms in total. The number of carboxylic acid groups (broad SMARTS) is 2. The summed E-state index contributed by atoms with van der Waals surface area (Å²) in [6.07, 6.45) is 0.0866. The van der Waals surface area contributed by atoms with Gasteiger partial charge in [0.25, 0.3) is 0 Å². The van der Waals surface area contributed by atoms with E-state index < -0.39 is 11.9 Å². The Hall–Kier alpha value is -1.14. The van der Waals surface area contributed by atoms with Gasteiger partial charge in [-0.2, -0.15) is 0 Å². The maximum Gasteiger partial charge on any atom is 0.303 e. The summed E-state index contributed by atoms with van der Waals surface area (Å²) in [5.41, 5.74) is 9.81. The van der Waals surface area contributed by atoms with Crippen molar-refractivity contribution in [1.29, 1.82) is 0 Å². The number of carbonyl (C=O) groups is 2. The third-order valence-corrected chi connectivity index (χ3v) is 0.948. The Kier molecular flexibility index (Phi) is 12.0. The van der Waals surface area contributed by atoms with Gasteiger partial charge >= 0.3 is 11.9 Å². The van der Waals surface area contributed by atoms with E-state index in [2.05, 4.69) is 0 Å². The van der Waals surface area contributed by atoms with Crippen LogP contribution in [0.3, 0.4) is 0 Å². The lowest BCUT2D eigenvalue weighted by molar-refractivity contribution is -0.138. The lowest BCUT2D eigenvalue weighted by Crippen LogP contribution is -2.11. The summed E-state index contributed by atoms with van der Waals surface area (Å²) in [5, 5.41) is 16.1. The molecular weight excluding hydrogens is 176 g/mol. The summed E-state index contributed by atoms with van der Waals surface area (Å²) in [6, 6.07) is 0. The molecule has 0 aromatic rings. The molecular formula is C7H16N2O4. The maximum absolute atomic E-state index is 9.79. The first-order chi connectivity index (χ1) is 6.04. The van der Waals surface area contributed by atoms with Crippen molar-refractivity contribution in [2.75, 3.05) is 13.1 Å². The lowest BCUT2D eigenvalue weighted by Gasteiger charge is -1.89. The van der Waals surface area contributed by atoms with Crippen LogP contribution in [-0.4, -0.2) is 35.2 Å². The zero-order valence-corrected chi connectivity index (χ0v) is 7.40. The van der Waals surface area contributed by atoms with Crippen LogP contribution < -0.4 is 11.5 Å². The average Bonchev–Trinajstić information content (AvgIpc) is 2.03. The Bertz CT molecular complexity index is 133. The van der Waals surface area contributed by atoms with Gasteiger partial charge in [-0.05, 0) is 6.42 Å². The predicted octanol–water partition coefficient (Wildman–Crippen LogP) is -0.770. The standard InChI is InChI=1S/C5H8O4.C2H8N2/c6-4(7)2-1-3-5(8)9;3-1-2-4/h1-3H2,(H,6,7)(H,8,9);1-4H2. The highest BCUT2D eigenvalue weighted by molar-refractivity contribution is 5.69. The lowest BCUT2D eigenvalue weighted by atomic mass is 10.2. The molecule has 0 unspecified atom stereocenters. The molecule has 0 aliphatic carbocycles. The summed E-state index contributed by atoms with van der Waals surface area (Å²) in [5.74, 6) is -1.90. The second kappa shape index (κ2) is 10.9. The minimum Gasteiger partial charge on any atom is -0.481 e. The van der Waals surface area contributed by atoms with E-state index in [4.69, 9.17) is 21.7 Å². The third-order valence-electron chi connectivity index (χ3n) is 0.948. The summed E-state index contributed by atoms with van der Waals surface area (Å²) in [7, 11) is 0. The van der Waals surface area contributed by atoms with Gasteiger partial charge in [0.05, 0.1) is 0 Å². The van der Waals surface area contributed by atoms with Crippen molar-refractivity contribution in [3.8, 4) is 0 Å². The van der Waals surface area contributed by atoms with E-state index in [-0.39, 0.29) is 19.3 Å². The highest BCUT2D eigenvalue weighted by atomic mass is 16.4. The molecule has 0 aliphatic rings. The van der Waals surface area contributed by atoms with Crippen molar-refractivity contribution in [3.05, 3.63) is 0 Å². The normalized spacial score (nSPS) is 8.46. The fourth-order valence-electron chi connectivity index (χ4n) is 0.391. The van der Waals surface area contributed by atoms with E-state index in [1.54, 1.807) is 0 Å². The van der Waals surface area contributed by atoms with Gasteiger partial charge in [-0.25, -0.2) is 0 Å². The van der Waals surface area contributed by atoms with Crippen LogP contribution in [-0.2, 0) is 9.59 Å². The van der Waals surface area contributed by atoms with E-state index in [9.17, 15) is 9.59 Å². The van der Waals surface area contributed by atoms with E-state index in [1.807, 2.05) is 0 Å². The fourth-order valence-corrected chi connectivity index (χ4v) is 0.391. The molecule has 0 heterocycles. The molecule has 0 radical (unpaired) electrons. The van der Waals surface area contributed by atoms with Gasteiger partial charge in [-0.15, -0.1) is 0 Å². The van der Waals surface area contributed by atoms with Crippen LogP contribution in [0.15, 0.2) is 0 Å². The third kappa shape index (κ3) is 24.8. The van der Waals surface area contributed by atoms with E-state index in [0.717, 1.165) is 0 Å². The Balaban J connectivity index is 0. The van der Waals surface area contributed by atoms with Gasteiger partial charge in [0.2, 0.25) is 0 Å². The first-order valence-electron chi connectivity index (χ1n) is 3.88. The summed E-state index contributed by atoms with van der Waals surface area (Å²) >= 11 is 0. The molecule has 0 atom stereocenters. The topological polar surface area (TPSA) is 127 Å². The van der Waals surface area contributed by atoms with Gasteiger partial charge in [0, 0.05) is 25.9 Å². The van der Waals surface area contributed by atoms with Crippen molar-refractivity contribution >= 4 is 11.9 Å². The van der Waals surface area contributed by atoms with Crippen molar-refractivity contribution in [2.45, 2.75) is 19.3 Å². The van der Waals surface area contributed by atoms with Gasteiger partial charge < -0.3 is 21.7 Å². The Labute approximate surface area is 76.5 Å². The first-order valence-corrected chi connectivity index (χ1v) is 3.88. The minimum absolute atomic E-state index is 0.0632. The average molecular weight is 192 g/mol. The summed E-state index contributed by atoms with van der Waals surface area (Å²) < 4.78 is 0. The van der Waals surface area contributed by atoms with Crippen LogP contribution in [0, 0.1) is 0 Å². The number of carboxylic acids is 2. The molecule has 78 valence electrons. The Morgan fingerprint density at radius 1 is 0.923 bits per heavy atom. The van der Waals surface area contributed by atoms with E-state index >= 15 is 0 Å². The largest absolute Gasteiger partial charge is 0.481 e. The second-order valence-corrected chi connectivity index (χ2v) is 2.22. The monoisotopic (exact) mass is 192 g/mol. The maximum atomic E-state index is 9.79.